The van der Waals surface area contributed by atoms with E-state index in [4.69, 9.17) is 0 Å². The molecule has 2 nitrogen and oxygen atoms in total. The first-order chi connectivity index (χ1) is 30.0. The number of anilines is 2. The maximum Gasteiger partial charge on any atom is 0.333 e. The third kappa shape index (κ3) is 5.07. The highest BCUT2D eigenvalue weighted by atomic mass is 32.1. The lowest BCUT2D eigenvalue weighted by Crippen LogP contribution is -2.60. The maximum absolute atomic E-state index is 2.75. The molecule has 0 amide bonds. The fourth-order valence-electron chi connectivity index (χ4n) is 11.9. The number of fused-ring (bicyclic) bond motifs is 17. The molecule has 63 heavy (non-hydrogen) atoms. The lowest BCUT2D eigenvalue weighted by atomic mass is 9.43. The largest absolute Gasteiger partial charge is 0.376 e. The van der Waals surface area contributed by atoms with Crippen LogP contribution >= 0.6 is 22.7 Å². The van der Waals surface area contributed by atoms with Gasteiger partial charge < -0.3 is 9.38 Å². The summed E-state index contributed by atoms with van der Waals surface area (Å²) in [6.45, 7) is 23.9. The second-order valence-electron chi connectivity index (χ2n) is 22.4. The van der Waals surface area contributed by atoms with E-state index in [9.17, 15) is 0 Å². The SMILES string of the molecule is CC(C)(C)c1ccc(N2B3c4cc5sc6ccccc6c5cc4-n4c5cc6c(cc5c5c7c(sc8ccccc87)c(c3c54)-c3cc(C(C)(C)C)ccc32)C(C)(C)CCC6(C)C)cc1. The van der Waals surface area contributed by atoms with E-state index in [0.717, 1.165) is 0 Å². The van der Waals surface area contributed by atoms with Crippen molar-refractivity contribution in [1.29, 1.82) is 0 Å². The molecule has 0 N–H and O–H groups in total. The van der Waals surface area contributed by atoms with Crippen LogP contribution in [0.4, 0.5) is 11.4 Å². The molecule has 1 aliphatic carbocycles. The van der Waals surface area contributed by atoms with Crippen LogP contribution in [0.2, 0.25) is 0 Å². The molecule has 0 unspecified atom stereocenters. The number of hydrogen-bond acceptors (Lipinski definition) is 3. The van der Waals surface area contributed by atoms with Gasteiger partial charge in [0.2, 0.25) is 0 Å². The van der Waals surface area contributed by atoms with Gasteiger partial charge in [0.05, 0.1) is 11.0 Å². The lowest BCUT2D eigenvalue weighted by Gasteiger charge is -2.43. The zero-order valence-corrected chi connectivity index (χ0v) is 39.8. The Bertz CT molecular complexity index is 3650. The smallest absolute Gasteiger partial charge is 0.333 e. The van der Waals surface area contributed by atoms with Crippen LogP contribution in [0.5, 0.6) is 0 Å². The predicted octanol–water partition coefficient (Wildman–Crippen LogP) is 15.7. The second kappa shape index (κ2) is 12.3. The molecule has 3 aliphatic rings. The van der Waals surface area contributed by atoms with Gasteiger partial charge in [-0.25, -0.2) is 0 Å². The first-order valence-corrected chi connectivity index (χ1v) is 24.6. The van der Waals surface area contributed by atoms with Crippen molar-refractivity contribution in [2.45, 2.75) is 104 Å². The molecule has 0 bridgehead atoms. The average molecular weight is 853 g/mol. The van der Waals surface area contributed by atoms with Gasteiger partial charge in [-0.3, -0.25) is 0 Å². The van der Waals surface area contributed by atoms with Crippen LogP contribution in [0, 0.1) is 0 Å². The van der Waals surface area contributed by atoms with Gasteiger partial charge in [-0.1, -0.05) is 124 Å². The standard InChI is InChI=1S/C58H53BN2S2/c1-55(2,3)32-19-22-34(23-20-32)61-43-24-21-33(56(4,5)6)27-38(43)51-52-53-49(50-36-16-12-14-18-47(36)63-54(50)51)39-28-40-41(58(9,10)26-25-57(40,7)8)30-44(39)60(53)45-29-37-35-15-11-13-17-46(35)62-48(37)31-42(45)59(52)61/h11-24,27-31H,25-26H2,1-10H3. The molecule has 0 radical (unpaired) electrons. The maximum atomic E-state index is 2.75. The molecule has 0 spiro atoms. The van der Waals surface area contributed by atoms with Gasteiger partial charge in [-0.05, 0) is 128 Å². The number of benzene rings is 7. The van der Waals surface area contributed by atoms with Crippen molar-refractivity contribution in [3.8, 4) is 16.8 Å². The summed E-state index contributed by atoms with van der Waals surface area (Å²) >= 11 is 3.94. The highest BCUT2D eigenvalue weighted by molar-refractivity contribution is 7.27. The van der Waals surface area contributed by atoms with Crippen LogP contribution in [0.1, 0.15) is 104 Å². The topological polar surface area (TPSA) is 8.17 Å². The molecule has 0 fully saturated rings. The lowest BCUT2D eigenvalue weighted by molar-refractivity contribution is 0.332. The zero-order valence-electron chi connectivity index (χ0n) is 38.2. The van der Waals surface area contributed by atoms with Crippen molar-refractivity contribution >= 4 is 114 Å². The van der Waals surface area contributed by atoms with Crippen LogP contribution in [0.15, 0.2) is 115 Å². The van der Waals surface area contributed by atoms with Crippen molar-refractivity contribution in [1.82, 2.24) is 4.57 Å². The summed E-state index contributed by atoms with van der Waals surface area (Å²) in [7, 11) is 0. The molecule has 10 aromatic rings. The number of nitrogens with zero attached hydrogens (tertiary/aromatic N) is 2. The minimum atomic E-state index is -0.0467. The minimum Gasteiger partial charge on any atom is -0.376 e. The van der Waals surface area contributed by atoms with Gasteiger partial charge in [-0.15, -0.1) is 22.7 Å². The average Bonchev–Trinajstić information content (AvgIpc) is 3.92. The van der Waals surface area contributed by atoms with Crippen LogP contribution in [0.3, 0.4) is 0 Å². The van der Waals surface area contributed by atoms with Crippen molar-refractivity contribution in [2.75, 3.05) is 4.81 Å². The van der Waals surface area contributed by atoms with Crippen LogP contribution < -0.4 is 15.7 Å². The van der Waals surface area contributed by atoms with Crippen molar-refractivity contribution in [2.24, 2.45) is 0 Å². The number of rotatable bonds is 1. The molecule has 13 rings (SSSR count). The van der Waals surface area contributed by atoms with E-state index < -0.39 is 0 Å². The zero-order chi connectivity index (χ0) is 43.3. The molecule has 0 atom stereocenters. The van der Waals surface area contributed by atoms with Gasteiger partial charge in [0.25, 0.3) is 0 Å². The summed E-state index contributed by atoms with van der Waals surface area (Å²) in [5.41, 5.74) is 18.1. The molecule has 3 aromatic heterocycles. The van der Waals surface area contributed by atoms with Gasteiger partial charge in [0.1, 0.15) is 0 Å². The van der Waals surface area contributed by atoms with E-state index in [1.54, 1.807) is 0 Å². The summed E-state index contributed by atoms with van der Waals surface area (Å²) in [6.07, 6.45) is 2.37. The third-order valence-electron chi connectivity index (χ3n) is 15.5. The van der Waals surface area contributed by atoms with Crippen molar-refractivity contribution in [3.05, 3.63) is 138 Å². The molecular weight excluding hydrogens is 800 g/mol. The molecule has 0 saturated carbocycles. The molecule has 0 saturated heterocycles. The van der Waals surface area contributed by atoms with Crippen molar-refractivity contribution < 1.29 is 0 Å². The van der Waals surface area contributed by atoms with Crippen LogP contribution in [0.25, 0.3) is 79.0 Å². The summed E-state index contributed by atoms with van der Waals surface area (Å²) in [6, 6.07) is 45.7. The molecule has 5 heteroatoms. The Morgan fingerprint density at radius 2 is 1.19 bits per heavy atom. The monoisotopic (exact) mass is 852 g/mol. The van der Waals surface area contributed by atoms with Gasteiger partial charge in [0.15, 0.2) is 0 Å². The third-order valence-corrected chi connectivity index (χ3v) is 17.9. The van der Waals surface area contributed by atoms with E-state index >= 15 is 0 Å². The molecule has 5 heterocycles. The Balaban J connectivity index is 1.29. The first-order valence-electron chi connectivity index (χ1n) is 23.0. The summed E-state index contributed by atoms with van der Waals surface area (Å²) < 4.78 is 8.23. The number of hydrogen-bond donors (Lipinski definition) is 0. The van der Waals surface area contributed by atoms with E-state index in [1.807, 2.05) is 22.7 Å². The van der Waals surface area contributed by atoms with E-state index in [-0.39, 0.29) is 28.5 Å². The second-order valence-corrected chi connectivity index (χ2v) is 24.5. The highest BCUT2D eigenvalue weighted by Gasteiger charge is 2.47. The normalized spacial score (nSPS) is 16.5. The summed E-state index contributed by atoms with van der Waals surface area (Å²) in [5, 5.41) is 8.29. The fourth-order valence-corrected chi connectivity index (χ4v) is 14.3. The number of aromatic nitrogens is 1. The Kier molecular flexibility index (Phi) is 7.42. The highest BCUT2D eigenvalue weighted by Crippen LogP contribution is 2.55. The predicted molar refractivity (Wildman–Crippen MR) is 278 cm³/mol. The summed E-state index contributed by atoms with van der Waals surface area (Å²) in [5.74, 6) is 0. The van der Waals surface area contributed by atoms with E-state index in [1.165, 1.54) is 136 Å². The first kappa shape index (κ1) is 38.1. The van der Waals surface area contributed by atoms with Gasteiger partial charge in [-0.2, -0.15) is 0 Å². The van der Waals surface area contributed by atoms with Crippen LogP contribution in [-0.2, 0) is 21.7 Å². The molecule has 7 aromatic carbocycles. The Morgan fingerprint density at radius 3 is 1.89 bits per heavy atom. The minimum absolute atomic E-state index is 0.0152. The number of thiophene rings is 2. The Morgan fingerprint density at radius 1 is 0.556 bits per heavy atom. The van der Waals surface area contributed by atoms with Gasteiger partial charge >= 0.3 is 6.85 Å². The fraction of sp³-hybridized carbons (Fsp3) is 0.276. The summed E-state index contributed by atoms with van der Waals surface area (Å²) in [4.78, 5) is 2.73. The van der Waals surface area contributed by atoms with E-state index in [0.29, 0.717) is 0 Å². The molecule has 310 valence electrons. The van der Waals surface area contributed by atoms with Gasteiger partial charge in [0, 0.05) is 79.3 Å². The Hall–Kier alpha value is -5.36. The van der Waals surface area contributed by atoms with E-state index in [2.05, 4.69) is 194 Å². The Labute approximate surface area is 379 Å². The quantitative estimate of drug-likeness (QED) is 0.149. The molecular formula is C58H53BN2S2. The molecule has 2 aliphatic heterocycles. The van der Waals surface area contributed by atoms with Crippen molar-refractivity contribution in [3.63, 3.8) is 0 Å². The van der Waals surface area contributed by atoms with Crippen LogP contribution in [-0.4, -0.2) is 11.4 Å².